The van der Waals surface area contributed by atoms with Gasteiger partial charge in [0.15, 0.2) is 11.5 Å². The van der Waals surface area contributed by atoms with Crippen molar-refractivity contribution >= 4 is 35.0 Å². The molecule has 23 heavy (non-hydrogen) atoms. The minimum absolute atomic E-state index is 0.0128. The van der Waals surface area contributed by atoms with E-state index in [-0.39, 0.29) is 39.1 Å². The molecular weight excluding hydrogens is 343 g/mol. The van der Waals surface area contributed by atoms with E-state index in [2.05, 4.69) is 0 Å². The summed E-state index contributed by atoms with van der Waals surface area (Å²) in [6, 6.07) is 6.56. The van der Waals surface area contributed by atoms with Gasteiger partial charge in [-0.25, -0.2) is 0 Å². The molecule has 0 saturated carbocycles. The Morgan fingerprint density at radius 3 is 2.35 bits per heavy atom. The van der Waals surface area contributed by atoms with Gasteiger partial charge in [0, 0.05) is 11.4 Å². The number of hydrogen-bond acceptors (Lipinski definition) is 5. The summed E-state index contributed by atoms with van der Waals surface area (Å²) in [5.41, 5.74) is -0.217. The van der Waals surface area contributed by atoms with Crippen molar-refractivity contribution in [2.24, 2.45) is 0 Å². The first-order valence-electron chi connectivity index (χ1n) is 6.60. The van der Waals surface area contributed by atoms with E-state index in [9.17, 15) is 19.8 Å². The van der Waals surface area contributed by atoms with E-state index in [0.717, 1.165) is 0 Å². The number of rotatable bonds is 4. The molecule has 5 nitrogen and oxygen atoms in total. The molecule has 0 aliphatic heterocycles. The van der Waals surface area contributed by atoms with Crippen molar-refractivity contribution < 1.29 is 24.5 Å². The zero-order valence-electron chi connectivity index (χ0n) is 12.0. The number of aromatic hydroxyl groups is 2. The van der Waals surface area contributed by atoms with Crippen molar-refractivity contribution in [2.75, 3.05) is 0 Å². The normalized spacial score (nSPS) is 10.4. The minimum Gasteiger partial charge on any atom is -0.507 e. The van der Waals surface area contributed by atoms with Crippen molar-refractivity contribution in [1.82, 2.24) is 0 Å². The summed E-state index contributed by atoms with van der Waals surface area (Å²) < 4.78 is 4.94. The number of ether oxygens (including phenoxy) is 1. The molecule has 0 bridgehead atoms. The van der Waals surface area contributed by atoms with E-state index in [0.29, 0.717) is 0 Å². The van der Waals surface area contributed by atoms with Gasteiger partial charge < -0.3 is 14.9 Å². The molecule has 0 radical (unpaired) electrons. The molecule has 0 unspecified atom stereocenters. The zero-order valence-corrected chi connectivity index (χ0v) is 13.5. The molecule has 0 heterocycles. The average molecular weight is 355 g/mol. The van der Waals surface area contributed by atoms with Gasteiger partial charge in [0.2, 0.25) is 5.78 Å². The van der Waals surface area contributed by atoms with Crippen LogP contribution in [0.15, 0.2) is 30.3 Å². The van der Waals surface area contributed by atoms with Gasteiger partial charge in [-0.1, -0.05) is 30.1 Å². The molecule has 2 rings (SSSR count). The van der Waals surface area contributed by atoms with Gasteiger partial charge in [0.05, 0.1) is 16.1 Å². The summed E-state index contributed by atoms with van der Waals surface area (Å²) in [4.78, 5) is 23.9. The molecule has 0 aromatic heterocycles. The standard InChI is InChI=1S/C16H12Cl2O5/c1-2-13(20)23-16-11(18)6-5-10(15(16)22)14(21)9-4-3-8(17)7-12(9)19/h3-7,19,22H,2H2,1H3. The monoisotopic (exact) mass is 354 g/mol. The van der Waals surface area contributed by atoms with Crippen LogP contribution >= 0.6 is 23.2 Å². The lowest BCUT2D eigenvalue weighted by molar-refractivity contribution is -0.134. The van der Waals surface area contributed by atoms with E-state index < -0.39 is 17.5 Å². The minimum atomic E-state index is -0.665. The molecule has 2 aromatic carbocycles. The fourth-order valence-electron chi connectivity index (χ4n) is 1.85. The summed E-state index contributed by atoms with van der Waals surface area (Å²) in [5.74, 6) is -2.47. The SMILES string of the molecule is CCC(=O)Oc1c(Cl)ccc(C(=O)c2ccc(Cl)cc2O)c1O. The highest BCUT2D eigenvalue weighted by Crippen LogP contribution is 2.39. The number of benzene rings is 2. The van der Waals surface area contributed by atoms with Crippen LogP contribution in [0, 0.1) is 0 Å². The Labute approximate surface area is 142 Å². The molecule has 0 amide bonds. The largest absolute Gasteiger partial charge is 0.507 e. The average Bonchev–Trinajstić information content (AvgIpc) is 2.50. The third kappa shape index (κ3) is 3.57. The van der Waals surface area contributed by atoms with E-state index in [1.54, 1.807) is 6.92 Å². The number of phenolic OH excluding ortho intramolecular Hbond substituents is 2. The van der Waals surface area contributed by atoms with E-state index >= 15 is 0 Å². The van der Waals surface area contributed by atoms with Crippen LogP contribution in [0.1, 0.15) is 29.3 Å². The fourth-order valence-corrected chi connectivity index (χ4v) is 2.21. The van der Waals surface area contributed by atoms with E-state index in [1.165, 1.54) is 30.3 Å². The zero-order chi connectivity index (χ0) is 17.1. The van der Waals surface area contributed by atoms with Crippen LogP contribution < -0.4 is 4.74 Å². The van der Waals surface area contributed by atoms with Gasteiger partial charge in [-0.15, -0.1) is 0 Å². The summed E-state index contributed by atoms with van der Waals surface area (Å²) in [7, 11) is 0. The molecule has 0 spiro atoms. The molecule has 2 aromatic rings. The van der Waals surface area contributed by atoms with Gasteiger partial charge >= 0.3 is 5.97 Å². The Hall–Kier alpha value is -2.24. The van der Waals surface area contributed by atoms with Gasteiger partial charge in [0.25, 0.3) is 0 Å². The van der Waals surface area contributed by atoms with Crippen LogP contribution in [0.5, 0.6) is 17.2 Å². The molecule has 7 heteroatoms. The topological polar surface area (TPSA) is 83.8 Å². The highest BCUT2D eigenvalue weighted by Gasteiger charge is 2.23. The maximum atomic E-state index is 12.5. The van der Waals surface area contributed by atoms with Gasteiger partial charge in [-0.3, -0.25) is 9.59 Å². The fraction of sp³-hybridized carbons (Fsp3) is 0.125. The van der Waals surface area contributed by atoms with Gasteiger partial charge in [0.1, 0.15) is 5.75 Å². The first kappa shape index (κ1) is 17.1. The number of esters is 1. The van der Waals surface area contributed by atoms with Crippen LogP contribution in [0.25, 0.3) is 0 Å². The number of ketones is 1. The Morgan fingerprint density at radius 2 is 1.74 bits per heavy atom. The number of carbonyl (C=O) groups is 2. The molecule has 0 atom stereocenters. The molecule has 0 aliphatic rings. The second-order valence-corrected chi connectivity index (χ2v) is 5.43. The predicted octanol–water partition coefficient (Wildman–Crippen LogP) is 3.95. The van der Waals surface area contributed by atoms with Crippen LogP contribution in [0.3, 0.4) is 0 Å². The number of halogens is 2. The first-order chi connectivity index (χ1) is 10.8. The molecule has 0 fully saturated rings. The first-order valence-corrected chi connectivity index (χ1v) is 7.36. The Morgan fingerprint density at radius 1 is 1.09 bits per heavy atom. The Balaban J connectivity index is 2.49. The molecule has 2 N–H and O–H groups in total. The highest BCUT2D eigenvalue weighted by atomic mass is 35.5. The summed E-state index contributed by atoms with van der Waals surface area (Å²) in [6.45, 7) is 1.58. The molecular formula is C16H12Cl2O5. The van der Waals surface area contributed by atoms with Crippen LogP contribution in [-0.2, 0) is 4.79 Å². The quantitative estimate of drug-likeness (QED) is 0.493. The lowest BCUT2D eigenvalue weighted by atomic mass is 10.0. The summed E-state index contributed by atoms with van der Waals surface area (Å²) in [6.07, 6.45) is 0.0753. The van der Waals surface area contributed by atoms with Crippen molar-refractivity contribution in [3.63, 3.8) is 0 Å². The van der Waals surface area contributed by atoms with Crippen molar-refractivity contribution in [2.45, 2.75) is 13.3 Å². The van der Waals surface area contributed by atoms with Crippen molar-refractivity contribution in [1.29, 1.82) is 0 Å². The lowest BCUT2D eigenvalue weighted by Crippen LogP contribution is -2.08. The maximum Gasteiger partial charge on any atom is 0.311 e. The molecule has 0 aliphatic carbocycles. The van der Waals surface area contributed by atoms with Crippen LogP contribution in [-0.4, -0.2) is 22.0 Å². The van der Waals surface area contributed by atoms with Crippen LogP contribution in [0.4, 0.5) is 0 Å². The second kappa shape index (κ2) is 6.89. The smallest absolute Gasteiger partial charge is 0.311 e. The number of carbonyl (C=O) groups excluding carboxylic acids is 2. The van der Waals surface area contributed by atoms with E-state index in [4.69, 9.17) is 27.9 Å². The third-order valence-electron chi connectivity index (χ3n) is 3.04. The number of phenols is 2. The lowest BCUT2D eigenvalue weighted by Gasteiger charge is -2.11. The van der Waals surface area contributed by atoms with Crippen LogP contribution in [0.2, 0.25) is 10.0 Å². The number of hydrogen-bond donors (Lipinski definition) is 2. The highest BCUT2D eigenvalue weighted by molar-refractivity contribution is 6.33. The maximum absolute atomic E-state index is 12.5. The Bertz CT molecular complexity index is 786. The van der Waals surface area contributed by atoms with Gasteiger partial charge in [-0.05, 0) is 30.3 Å². The van der Waals surface area contributed by atoms with Crippen molar-refractivity contribution in [3.8, 4) is 17.2 Å². The Kier molecular flexibility index (Phi) is 5.13. The third-order valence-corrected chi connectivity index (χ3v) is 3.57. The predicted molar refractivity (Wildman–Crippen MR) is 85.6 cm³/mol. The van der Waals surface area contributed by atoms with Crippen molar-refractivity contribution in [3.05, 3.63) is 51.5 Å². The second-order valence-electron chi connectivity index (χ2n) is 4.59. The summed E-state index contributed by atoms with van der Waals surface area (Å²) in [5, 5.41) is 20.3. The summed E-state index contributed by atoms with van der Waals surface area (Å²) >= 11 is 11.6. The molecule has 0 saturated heterocycles. The van der Waals surface area contributed by atoms with E-state index in [1.807, 2.05) is 0 Å². The molecule has 120 valence electrons. The van der Waals surface area contributed by atoms with Gasteiger partial charge in [-0.2, -0.15) is 0 Å².